The summed E-state index contributed by atoms with van der Waals surface area (Å²) in [5.74, 6) is 0.116. The number of amides is 2. The third-order valence-electron chi connectivity index (χ3n) is 4.00. The van der Waals surface area contributed by atoms with Gasteiger partial charge in [-0.15, -0.1) is 0 Å². The number of thiophene rings is 1. The topological polar surface area (TPSA) is 52.7 Å². The lowest BCUT2D eigenvalue weighted by Crippen LogP contribution is -2.53. The summed E-state index contributed by atoms with van der Waals surface area (Å²) in [4.78, 5) is 28.7. The van der Waals surface area contributed by atoms with Crippen LogP contribution in [0.2, 0.25) is 0 Å². The monoisotopic (exact) mass is 293 g/mol. The van der Waals surface area contributed by atoms with Crippen LogP contribution in [0.1, 0.15) is 23.2 Å². The van der Waals surface area contributed by atoms with E-state index in [2.05, 4.69) is 5.32 Å². The van der Waals surface area contributed by atoms with E-state index in [4.69, 9.17) is 0 Å². The number of piperazine rings is 1. The van der Waals surface area contributed by atoms with Crippen LogP contribution in [0.3, 0.4) is 0 Å². The van der Waals surface area contributed by atoms with Crippen LogP contribution in [0.15, 0.2) is 16.8 Å². The number of carbonyl (C=O) groups excluding carboxylic acids is 2. The molecular formula is C14H19N3O2S. The van der Waals surface area contributed by atoms with E-state index in [9.17, 15) is 9.59 Å². The number of nitrogens with one attached hydrogen (secondary N) is 1. The molecule has 1 aromatic heterocycles. The Morgan fingerprint density at radius 3 is 2.75 bits per heavy atom. The molecule has 2 aliphatic rings. The van der Waals surface area contributed by atoms with Crippen LogP contribution in [0.5, 0.6) is 0 Å². The molecule has 3 rings (SSSR count). The second kappa shape index (κ2) is 5.93. The number of hydrogen-bond donors (Lipinski definition) is 1. The first-order valence-corrected chi connectivity index (χ1v) is 8.04. The molecule has 108 valence electrons. The van der Waals surface area contributed by atoms with E-state index >= 15 is 0 Å². The van der Waals surface area contributed by atoms with Crippen molar-refractivity contribution in [1.82, 2.24) is 15.1 Å². The predicted octanol–water partition coefficient (Wildman–Crippen LogP) is 0.784. The second-order valence-electron chi connectivity index (χ2n) is 5.24. The van der Waals surface area contributed by atoms with Gasteiger partial charge in [0.15, 0.2) is 0 Å². The number of hydrogen-bond acceptors (Lipinski definition) is 4. The molecule has 3 heterocycles. The normalized spacial score (nSPS) is 23.1. The van der Waals surface area contributed by atoms with Gasteiger partial charge in [-0.2, -0.15) is 11.3 Å². The first kappa shape index (κ1) is 13.6. The van der Waals surface area contributed by atoms with Gasteiger partial charge in [0, 0.05) is 38.1 Å². The highest BCUT2D eigenvalue weighted by Crippen LogP contribution is 2.23. The van der Waals surface area contributed by atoms with Gasteiger partial charge in [-0.3, -0.25) is 9.59 Å². The molecule has 1 aromatic rings. The van der Waals surface area contributed by atoms with Gasteiger partial charge in [0.2, 0.25) is 5.91 Å². The maximum atomic E-state index is 12.6. The summed E-state index contributed by atoms with van der Waals surface area (Å²) in [6.07, 6.45) is 1.71. The van der Waals surface area contributed by atoms with E-state index in [-0.39, 0.29) is 17.9 Å². The summed E-state index contributed by atoms with van der Waals surface area (Å²) >= 11 is 1.51. The molecule has 0 bridgehead atoms. The van der Waals surface area contributed by atoms with E-state index in [0.717, 1.165) is 39.0 Å². The van der Waals surface area contributed by atoms with Gasteiger partial charge in [-0.05, 0) is 24.3 Å². The van der Waals surface area contributed by atoms with Crippen LogP contribution in [-0.4, -0.2) is 60.4 Å². The molecule has 1 N–H and O–H groups in total. The Bertz CT molecular complexity index is 483. The van der Waals surface area contributed by atoms with E-state index in [0.29, 0.717) is 12.1 Å². The van der Waals surface area contributed by atoms with Crippen molar-refractivity contribution in [3.05, 3.63) is 22.4 Å². The number of rotatable bonds is 2. The van der Waals surface area contributed by atoms with Crippen molar-refractivity contribution >= 4 is 23.2 Å². The van der Waals surface area contributed by atoms with Crippen molar-refractivity contribution in [2.75, 3.05) is 32.7 Å². The number of likely N-dealkylation sites (tertiary alicyclic amines) is 1. The minimum Gasteiger partial charge on any atom is -0.338 e. The summed E-state index contributed by atoms with van der Waals surface area (Å²) in [6.45, 7) is 3.87. The molecule has 6 heteroatoms. The Morgan fingerprint density at radius 2 is 2.05 bits per heavy atom. The lowest BCUT2D eigenvalue weighted by atomic mass is 10.1. The third kappa shape index (κ3) is 2.58. The van der Waals surface area contributed by atoms with Crippen LogP contribution in [0, 0.1) is 0 Å². The van der Waals surface area contributed by atoms with Gasteiger partial charge < -0.3 is 15.1 Å². The van der Waals surface area contributed by atoms with Crippen molar-refractivity contribution in [2.24, 2.45) is 0 Å². The zero-order valence-corrected chi connectivity index (χ0v) is 12.2. The Morgan fingerprint density at radius 1 is 1.25 bits per heavy atom. The summed E-state index contributed by atoms with van der Waals surface area (Å²) in [5, 5.41) is 7.00. The standard InChI is InChI=1S/C14H19N3O2S/c18-13(11-3-9-20-10-11)17-6-1-2-12(17)14(19)16-7-4-15-5-8-16/h3,9-10,12,15H,1-2,4-8H2. The molecular weight excluding hydrogens is 274 g/mol. The van der Waals surface area contributed by atoms with Crippen molar-refractivity contribution in [3.63, 3.8) is 0 Å². The summed E-state index contributed by atoms with van der Waals surface area (Å²) in [7, 11) is 0. The number of nitrogens with zero attached hydrogens (tertiary/aromatic N) is 2. The molecule has 1 atom stereocenters. The lowest BCUT2D eigenvalue weighted by molar-refractivity contribution is -0.135. The average molecular weight is 293 g/mol. The minimum atomic E-state index is -0.263. The highest BCUT2D eigenvalue weighted by molar-refractivity contribution is 7.08. The van der Waals surface area contributed by atoms with E-state index in [1.807, 2.05) is 21.7 Å². The van der Waals surface area contributed by atoms with Gasteiger partial charge in [-0.1, -0.05) is 0 Å². The average Bonchev–Trinajstić information content (AvgIpc) is 3.18. The summed E-state index contributed by atoms with van der Waals surface area (Å²) < 4.78 is 0. The van der Waals surface area contributed by atoms with Gasteiger partial charge >= 0.3 is 0 Å². The molecule has 2 amide bonds. The van der Waals surface area contributed by atoms with Crippen molar-refractivity contribution in [1.29, 1.82) is 0 Å². The fraction of sp³-hybridized carbons (Fsp3) is 0.571. The first-order valence-electron chi connectivity index (χ1n) is 7.10. The van der Waals surface area contributed by atoms with E-state index in [1.165, 1.54) is 11.3 Å². The molecule has 20 heavy (non-hydrogen) atoms. The van der Waals surface area contributed by atoms with Crippen LogP contribution in [0.25, 0.3) is 0 Å². The highest BCUT2D eigenvalue weighted by atomic mass is 32.1. The second-order valence-corrected chi connectivity index (χ2v) is 6.02. The molecule has 2 fully saturated rings. The van der Waals surface area contributed by atoms with Crippen molar-refractivity contribution < 1.29 is 9.59 Å². The van der Waals surface area contributed by atoms with Gasteiger partial charge in [-0.25, -0.2) is 0 Å². The van der Waals surface area contributed by atoms with Crippen LogP contribution < -0.4 is 5.32 Å². The molecule has 5 nitrogen and oxygen atoms in total. The fourth-order valence-corrected chi connectivity index (χ4v) is 3.54. The third-order valence-corrected chi connectivity index (χ3v) is 4.68. The van der Waals surface area contributed by atoms with Crippen LogP contribution in [-0.2, 0) is 4.79 Å². The number of carbonyl (C=O) groups is 2. The molecule has 0 radical (unpaired) electrons. The molecule has 0 saturated carbocycles. The Hall–Kier alpha value is -1.40. The van der Waals surface area contributed by atoms with Crippen molar-refractivity contribution in [2.45, 2.75) is 18.9 Å². The summed E-state index contributed by atoms with van der Waals surface area (Å²) in [6, 6.07) is 1.57. The molecule has 1 unspecified atom stereocenters. The van der Waals surface area contributed by atoms with Gasteiger partial charge in [0.25, 0.3) is 5.91 Å². The van der Waals surface area contributed by atoms with Crippen LogP contribution >= 0.6 is 11.3 Å². The van der Waals surface area contributed by atoms with E-state index < -0.39 is 0 Å². The minimum absolute atomic E-state index is 0.00256. The molecule has 0 spiro atoms. The van der Waals surface area contributed by atoms with Crippen molar-refractivity contribution in [3.8, 4) is 0 Å². The van der Waals surface area contributed by atoms with Gasteiger partial charge in [0.05, 0.1) is 5.56 Å². The quantitative estimate of drug-likeness (QED) is 0.877. The Balaban J connectivity index is 1.71. The Kier molecular flexibility index (Phi) is 4.03. The zero-order chi connectivity index (χ0) is 13.9. The fourth-order valence-electron chi connectivity index (χ4n) is 2.91. The molecule has 0 aromatic carbocycles. The van der Waals surface area contributed by atoms with Crippen LogP contribution in [0.4, 0.5) is 0 Å². The maximum absolute atomic E-state index is 12.6. The maximum Gasteiger partial charge on any atom is 0.255 e. The SMILES string of the molecule is O=C(C1CCCN1C(=O)c1ccsc1)N1CCNCC1. The van der Waals surface area contributed by atoms with E-state index in [1.54, 1.807) is 4.90 Å². The largest absolute Gasteiger partial charge is 0.338 e. The molecule has 2 aliphatic heterocycles. The smallest absolute Gasteiger partial charge is 0.255 e. The predicted molar refractivity (Wildman–Crippen MR) is 77.8 cm³/mol. The molecule has 0 aliphatic carbocycles. The molecule has 2 saturated heterocycles. The first-order chi connectivity index (χ1) is 9.77. The lowest BCUT2D eigenvalue weighted by Gasteiger charge is -2.32. The summed E-state index contributed by atoms with van der Waals surface area (Å²) in [5.41, 5.74) is 0.704. The highest BCUT2D eigenvalue weighted by Gasteiger charge is 2.37. The zero-order valence-electron chi connectivity index (χ0n) is 11.4. The Labute approximate surface area is 122 Å². The van der Waals surface area contributed by atoms with Gasteiger partial charge in [0.1, 0.15) is 6.04 Å².